The molecule has 0 aromatic carbocycles. The van der Waals surface area contributed by atoms with Crippen molar-refractivity contribution >= 4 is 5.91 Å². The fraction of sp³-hybridized carbons (Fsp3) is 0.929. The molecule has 4 fully saturated rings. The number of carbonyl (C=O) groups excluding carboxylic acids is 1. The second-order valence-electron chi connectivity index (χ2n) is 6.53. The Hall–Kier alpha value is -0.820. The Labute approximate surface area is 122 Å². The highest BCUT2D eigenvalue weighted by molar-refractivity contribution is 5.82. The molecule has 0 saturated carbocycles. The number of amides is 1. The van der Waals surface area contributed by atoms with E-state index in [1.165, 1.54) is 0 Å². The van der Waals surface area contributed by atoms with E-state index in [1.807, 2.05) is 0 Å². The number of hydrogen-bond acceptors (Lipinski definition) is 3. The van der Waals surface area contributed by atoms with E-state index in [1.54, 1.807) is 0 Å². The molecule has 2 bridgehead atoms. The molecular weight excluding hydrogens is 283 g/mol. The highest BCUT2D eigenvalue weighted by Crippen LogP contribution is 2.32. The Bertz CT molecular complexity index is 385. The first-order chi connectivity index (χ1) is 9.93. The van der Waals surface area contributed by atoms with Crippen LogP contribution < -0.4 is 10.6 Å². The van der Waals surface area contributed by atoms with E-state index in [2.05, 4.69) is 15.5 Å². The van der Waals surface area contributed by atoms with Crippen molar-refractivity contribution in [2.45, 2.75) is 43.9 Å². The SMILES string of the molecule is O=C(NC1CN2CCC1CC2)C1CCC(C(F)(F)F)CN1. The first kappa shape index (κ1) is 15.1. The van der Waals surface area contributed by atoms with E-state index in [9.17, 15) is 18.0 Å². The van der Waals surface area contributed by atoms with Gasteiger partial charge in [0, 0.05) is 19.1 Å². The number of nitrogens with zero attached hydrogens (tertiary/aromatic N) is 1. The molecule has 1 amide bonds. The summed E-state index contributed by atoms with van der Waals surface area (Å²) in [5.41, 5.74) is 0. The molecule has 4 aliphatic heterocycles. The summed E-state index contributed by atoms with van der Waals surface area (Å²) in [5, 5.41) is 5.81. The summed E-state index contributed by atoms with van der Waals surface area (Å²) in [6, 6.07) is -0.304. The third-order valence-corrected chi connectivity index (χ3v) is 5.18. The molecule has 4 saturated heterocycles. The van der Waals surface area contributed by atoms with Gasteiger partial charge in [0.05, 0.1) is 12.0 Å². The molecule has 0 radical (unpaired) electrons. The largest absolute Gasteiger partial charge is 0.393 e. The van der Waals surface area contributed by atoms with Gasteiger partial charge < -0.3 is 15.5 Å². The van der Waals surface area contributed by atoms with E-state index in [0.29, 0.717) is 5.92 Å². The summed E-state index contributed by atoms with van der Waals surface area (Å²) >= 11 is 0. The zero-order valence-electron chi connectivity index (χ0n) is 12.0. The summed E-state index contributed by atoms with van der Waals surface area (Å²) in [4.78, 5) is 14.6. The van der Waals surface area contributed by atoms with Crippen LogP contribution in [0.25, 0.3) is 0 Å². The van der Waals surface area contributed by atoms with Gasteiger partial charge in [0.2, 0.25) is 5.91 Å². The molecule has 0 aromatic heterocycles. The molecule has 21 heavy (non-hydrogen) atoms. The monoisotopic (exact) mass is 305 g/mol. The van der Waals surface area contributed by atoms with E-state index < -0.39 is 18.1 Å². The highest BCUT2D eigenvalue weighted by atomic mass is 19.4. The number of alkyl halides is 3. The van der Waals surface area contributed by atoms with Crippen molar-refractivity contribution in [3.05, 3.63) is 0 Å². The van der Waals surface area contributed by atoms with E-state index in [4.69, 9.17) is 0 Å². The lowest BCUT2D eigenvalue weighted by atomic mass is 9.83. The third kappa shape index (κ3) is 3.34. The van der Waals surface area contributed by atoms with Gasteiger partial charge in [-0.05, 0) is 44.7 Å². The van der Waals surface area contributed by atoms with Gasteiger partial charge in [0.25, 0.3) is 0 Å². The minimum atomic E-state index is -4.16. The van der Waals surface area contributed by atoms with Crippen LogP contribution in [-0.2, 0) is 4.79 Å². The van der Waals surface area contributed by atoms with Crippen LogP contribution in [0, 0.1) is 11.8 Å². The average molecular weight is 305 g/mol. The first-order valence-electron chi connectivity index (χ1n) is 7.76. The van der Waals surface area contributed by atoms with Crippen LogP contribution in [0.4, 0.5) is 13.2 Å². The molecule has 4 heterocycles. The van der Waals surface area contributed by atoms with Gasteiger partial charge in [0.1, 0.15) is 0 Å². The Balaban J connectivity index is 1.49. The standard InChI is InChI=1S/C14H22F3N3O/c15-14(16,17)10-1-2-11(18-7-10)13(21)19-12-8-20-5-3-9(12)4-6-20/h9-12,18H,1-8H2,(H,19,21). The summed E-state index contributed by atoms with van der Waals surface area (Å²) in [7, 11) is 0. The minimum Gasteiger partial charge on any atom is -0.350 e. The van der Waals surface area contributed by atoms with Crippen LogP contribution in [0.5, 0.6) is 0 Å². The molecule has 4 aliphatic rings. The van der Waals surface area contributed by atoms with Crippen LogP contribution >= 0.6 is 0 Å². The zero-order chi connectivity index (χ0) is 15.0. The van der Waals surface area contributed by atoms with Crippen LogP contribution in [-0.4, -0.2) is 55.2 Å². The van der Waals surface area contributed by atoms with Crippen molar-refractivity contribution < 1.29 is 18.0 Å². The molecule has 7 heteroatoms. The summed E-state index contributed by atoms with van der Waals surface area (Å²) in [5.74, 6) is -0.918. The number of carbonyl (C=O) groups is 1. The number of piperidine rings is 4. The summed E-state index contributed by atoms with van der Waals surface area (Å²) in [6.07, 6.45) is -1.64. The Morgan fingerprint density at radius 1 is 1.14 bits per heavy atom. The topological polar surface area (TPSA) is 44.4 Å². The fourth-order valence-corrected chi connectivity index (χ4v) is 3.77. The van der Waals surface area contributed by atoms with Gasteiger partial charge in [-0.15, -0.1) is 0 Å². The molecule has 0 aromatic rings. The number of rotatable bonds is 2. The number of nitrogens with one attached hydrogen (secondary N) is 2. The second kappa shape index (κ2) is 5.76. The Kier molecular flexibility index (Phi) is 4.14. The van der Waals surface area contributed by atoms with E-state index in [0.717, 1.165) is 32.5 Å². The van der Waals surface area contributed by atoms with Crippen molar-refractivity contribution in [3.63, 3.8) is 0 Å². The van der Waals surface area contributed by atoms with E-state index in [-0.39, 0.29) is 31.3 Å². The van der Waals surface area contributed by atoms with Crippen molar-refractivity contribution in [2.75, 3.05) is 26.2 Å². The maximum atomic E-state index is 12.6. The lowest BCUT2D eigenvalue weighted by Gasteiger charge is -2.45. The molecule has 0 aliphatic carbocycles. The van der Waals surface area contributed by atoms with Crippen molar-refractivity contribution in [2.24, 2.45) is 11.8 Å². The van der Waals surface area contributed by atoms with Crippen molar-refractivity contribution in [1.82, 2.24) is 15.5 Å². The van der Waals surface area contributed by atoms with Gasteiger partial charge >= 0.3 is 6.18 Å². The van der Waals surface area contributed by atoms with Crippen LogP contribution in [0.15, 0.2) is 0 Å². The molecule has 2 N–H and O–H groups in total. The molecule has 4 nitrogen and oxygen atoms in total. The zero-order valence-corrected chi connectivity index (χ0v) is 12.0. The van der Waals surface area contributed by atoms with Crippen molar-refractivity contribution in [1.29, 1.82) is 0 Å². The maximum Gasteiger partial charge on any atom is 0.393 e. The average Bonchev–Trinajstić information content (AvgIpc) is 2.48. The Morgan fingerprint density at radius 2 is 1.86 bits per heavy atom. The fourth-order valence-electron chi connectivity index (χ4n) is 3.77. The van der Waals surface area contributed by atoms with Gasteiger partial charge in [0.15, 0.2) is 0 Å². The lowest BCUT2D eigenvalue weighted by Crippen LogP contribution is -2.60. The quantitative estimate of drug-likeness (QED) is 0.804. The predicted octanol–water partition coefficient (Wildman–Crippen LogP) is 1.13. The van der Waals surface area contributed by atoms with Gasteiger partial charge in [-0.1, -0.05) is 0 Å². The third-order valence-electron chi connectivity index (χ3n) is 5.18. The molecule has 0 spiro atoms. The number of fused-ring (bicyclic) bond motifs is 3. The van der Waals surface area contributed by atoms with Crippen LogP contribution in [0.3, 0.4) is 0 Å². The van der Waals surface area contributed by atoms with Crippen LogP contribution in [0.1, 0.15) is 25.7 Å². The van der Waals surface area contributed by atoms with E-state index >= 15 is 0 Å². The highest BCUT2D eigenvalue weighted by Gasteiger charge is 2.43. The smallest absolute Gasteiger partial charge is 0.350 e. The first-order valence-corrected chi connectivity index (χ1v) is 7.76. The Morgan fingerprint density at radius 3 is 2.33 bits per heavy atom. The summed E-state index contributed by atoms with van der Waals surface area (Å²) in [6.45, 7) is 2.94. The van der Waals surface area contributed by atoms with Crippen LogP contribution in [0.2, 0.25) is 0 Å². The molecular formula is C14H22F3N3O. The second-order valence-corrected chi connectivity index (χ2v) is 6.53. The predicted molar refractivity (Wildman–Crippen MR) is 71.7 cm³/mol. The normalized spacial score (nSPS) is 40.0. The molecule has 3 unspecified atom stereocenters. The van der Waals surface area contributed by atoms with Crippen molar-refractivity contribution in [3.8, 4) is 0 Å². The lowest BCUT2D eigenvalue weighted by molar-refractivity contribution is -0.180. The maximum absolute atomic E-state index is 12.6. The molecule has 120 valence electrons. The van der Waals surface area contributed by atoms with Gasteiger partial charge in [-0.25, -0.2) is 0 Å². The van der Waals surface area contributed by atoms with Gasteiger partial charge in [-0.3, -0.25) is 4.79 Å². The molecule has 4 rings (SSSR count). The number of hydrogen-bond donors (Lipinski definition) is 2. The number of halogens is 3. The van der Waals surface area contributed by atoms with Gasteiger partial charge in [-0.2, -0.15) is 13.2 Å². The molecule has 3 atom stereocenters. The summed E-state index contributed by atoms with van der Waals surface area (Å²) < 4.78 is 37.8. The minimum absolute atomic E-state index is 0.0365.